The van der Waals surface area contributed by atoms with Crippen molar-refractivity contribution in [3.8, 4) is 0 Å². The zero-order chi connectivity index (χ0) is 10.2. The molecule has 0 saturated carbocycles. The largest absolute Gasteiger partial charge is 0.435 e. The number of aryl methyl sites for hydroxylation is 1. The van der Waals surface area contributed by atoms with Gasteiger partial charge in [-0.2, -0.15) is 18.3 Å². The van der Waals surface area contributed by atoms with Gasteiger partial charge < -0.3 is 5.11 Å². The Morgan fingerprint density at radius 1 is 1.46 bits per heavy atom. The van der Waals surface area contributed by atoms with E-state index >= 15 is 0 Å². The Morgan fingerprint density at radius 3 is 2.31 bits per heavy atom. The van der Waals surface area contributed by atoms with Crippen LogP contribution in [0.1, 0.15) is 17.0 Å². The minimum Gasteiger partial charge on any atom is -0.392 e. The van der Waals surface area contributed by atoms with Crippen LogP contribution < -0.4 is 0 Å². The maximum Gasteiger partial charge on any atom is 0.435 e. The molecule has 3 nitrogen and oxygen atoms in total. The zero-order valence-corrected chi connectivity index (χ0v) is 7.18. The molecule has 1 N–H and O–H groups in total. The van der Waals surface area contributed by atoms with Crippen LogP contribution in [-0.2, 0) is 19.8 Å². The smallest absolute Gasteiger partial charge is 0.392 e. The predicted molar refractivity (Wildman–Crippen MR) is 38.9 cm³/mol. The molecule has 0 bridgehead atoms. The Bertz CT molecular complexity index is 316. The molecule has 0 aromatic carbocycles. The number of nitrogens with zero attached hydrogens (tertiary/aromatic N) is 2. The number of hydrogen-bond donors (Lipinski definition) is 1. The molecule has 1 aromatic rings. The average Bonchev–Trinajstić information content (AvgIpc) is 2.28. The number of aromatic nitrogens is 2. The second-order valence-electron chi connectivity index (χ2n) is 2.69. The summed E-state index contributed by atoms with van der Waals surface area (Å²) in [4.78, 5) is 0. The lowest BCUT2D eigenvalue weighted by molar-refractivity contribution is -0.142. The van der Waals surface area contributed by atoms with Crippen LogP contribution in [-0.4, -0.2) is 14.9 Å². The normalized spacial score (nSPS) is 12.2. The van der Waals surface area contributed by atoms with Crippen molar-refractivity contribution in [1.82, 2.24) is 9.78 Å². The Labute approximate surface area is 72.8 Å². The highest BCUT2D eigenvalue weighted by Crippen LogP contribution is 2.31. The van der Waals surface area contributed by atoms with Gasteiger partial charge in [-0.1, -0.05) is 0 Å². The average molecular weight is 194 g/mol. The van der Waals surface area contributed by atoms with E-state index in [2.05, 4.69) is 5.10 Å². The van der Waals surface area contributed by atoms with E-state index in [4.69, 9.17) is 5.11 Å². The maximum atomic E-state index is 12.2. The van der Waals surface area contributed by atoms with Crippen LogP contribution in [0.5, 0.6) is 0 Å². The van der Waals surface area contributed by atoms with E-state index < -0.39 is 18.5 Å². The molecule has 0 aliphatic rings. The molecule has 0 aliphatic heterocycles. The molecular weight excluding hydrogens is 185 g/mol. The summed E-state index contributed by atoms with van der Waals surface area (Å²) >= 11 is 0. The third-order valence-electron chi connectivity index (χ3n) is 1.88. The molecule has 13 heavy (non-hydrogen) atoms. The molecule has 0 unspecified atom stereocenters. The fourth-order valence-corrected chi connectivity index (χ4v) is 1.07. The van der Waals surface area contributed by atoms with Gasteiger partial charge in [0.25, 0.3) is 0 Å². The third-order valence-corrected chi connectivity index (χ3v) is 1.88. The van der Waals surface area contributed by atoms with E-state index in [1.807, 2.05) is 0 Å². The Kier molecular flexibility index (Phi) is 2.34. The van der Waals surface area contributed by atoms with E-state index in [1.54, 1.807) is 0 Å². The number of aliphatic hydroxyl groups is 1. The summed E-state index contributed by atoms with van der Waals surface area (Å²) in [5, 5.41) is 12.0. The van der Waals surface area contributed by atoms with E-state index in [-0.39, 0.29) is 5.56 Å². The first-order valence-electron chi connectivity index (χ1n) is 3.58. The van der Waals surface area contributed by atoms with E-state index in [0.29, 0.717) is 5.69 Å². The van der Waals surface area contributed by atoms with Crippen molar-refractivity contribution < 1.29 is 18.3 Å². The summed E-state index contributed by atoms with van der Waals surface area (Å²) in [7, 11) is 1.41. The maximum absolute atomic E-state index is 12.2. The minimum absolute atomic E-state index is 0.157. The van der Waals surface area contributed by atoms with Crippen molar-refractivity contribution in [1.29, 1.82) is 0 Å². The first kappa shape index (κ1) is 10.0. The van der Waals surface area contributed by atoms with Crippen molar-refractivity contribution in [2.75, 3.05) is 0 Å². The van der Waals surface area contributed by atoms with Gasteiger partial charge in [0.1, 0.15) is 0 Å². The Balaban J connectivity index is 3.30. The van der Waals surface area contributed by atoms with Gasteiger partial charge in [0.2, 0.25) is 0 Å². The summed E-state index contributed by atoms with van der Waals surface area (Å²) in [6.45, 7) is 0.836. The monoisotopic (exact) mass is 194 g/mol. The quantitative estimate of drug-likeness (QED) is 0.730. The summed E-state index contributed by atoms with van der Waals surface area (Å²) in [5.41, 5.74) is -0.833. The molecular formula is C7H9F3N2O. The van der Waals surface area contributed by atoms with Gasteiger partial charge in [-0.15, -0.1) is 0 Å². The molecule has 0 radical (unpaired) electrons. The summed E-state index contributed by atoms with van der Waals surface area (Å²) in [6.07, 6.45) is -4.50. The third kappa shape index (κ3) is 1.67. The zero-order valence-electron chi connectivity index (χ0n) is 7.18. The summed E-state index contributed by atoms with van der Waals surface area (Å²) < 4.78 is 37.8. The highest BCUT2D eigenvalue weighted by molar-refractivity contribution is 5.26. The fraction of sp³-hybridized carbons (Fsp3) is 0.571. The highest BCUT2D eigenvalue weighted by Gasteiger charge is 2.37. The first-order valence-corrected chi connectivity index (χ1v) is 3.58. The van der Waals surface area contributed by atoms with Crippen LogP contribution in [0.15, 0.2) is 0 Å². The van der Waals surface area contributed by atoms with Crippen molar-refractivity contribution in [3.05, 3.63) is 17.0 Å². The number of rotatable bonds is 1. The number of aliphatic hydroxyl groups excluding tert-OH is 1. The lowest BCUT2D eigenvalue weighted by Crippen LogP contribution is -2.09. The molecule has 1 heterocycles. The molecule has 0 spiro atoms. The lowest BCUT2D eigenvalue weighted by atomic mass is 10.2. The minimum atomic E-state index is -4.50. The molecule has 0 fully saturated rings. The molecule has 0 amide bonds. The van der Waals surface area contributed by atoms with Gasteiger partial charge in [0.15, 0.2) is 5.69 Å². The van der Waals surface area contributed by atoms with Gasteiger partial charge in [-0.25, -0.2) is 0 Å². The molecule has 0 saturated heterocycles. The van der Waals surface area contributed by atoms with Gasteiger partial charge in [0, 0.05) is 18.3 Å². The summed E-state index contributed by atoms with van der Waals surface area (Å²) in [6, 6.07) is 0. The van der Waals surface area contributed by atoms with Gasteiger partial charge >= 0.3 is 6.18 Å². The van der Waals surface area contributed by atoms with Crippen LogP contribution in [0, 0.1) is 6.92 Å². The van der Waals surface area contributed by atoms with E-state index in [1.165, 1.54) is 14.0 Å². The molecule has 0 atom stereocenters. The fourth-order valence-electron chi connectivity index (χ4n) is 1.07. The number of hydrogen-bond acceptors (Lipinski definition) is 2. The standard InChI is InChI=1S/C7H9F3N2O/c1-4-5(3-13)6(7(8,9)10)11-12(4)2/h13H,3H2,1-2H3. The van der Waals surface area contributed by atoms with E-state index in [0.717, 1.165) is 4.68 Å². The van der Waals surface area contributed by atoms with Crippen LogP contribution in [0.4, 0.5) is 13.2 Å². The second-order valence-corrected chi connectivity index (χ2v) is 2.69. The highest BCUT2D eigenvalue weighted by atomic mass is 19.4. The van der Waals surface area contributed by atoms with E-state index in [9.17, 15) is 13.2 Å². The van der Waals surface area contributed by atoms with Gasteiger partial charge in [0.05, 0.1) is 6.61 Å². The molecule has 1 aromatic heterocycles. The SMILES string of the molecule is Cc1c(CO)c(C(F)(F)F)nn1C. The van der Waals surface area contributed by atoms with Crippen LogP contribution in [0.25, 0.3) is 0 Å². The molecule has 1 rings (SSSR count). The van der Waals surface area contributed by atoms with Crippen LogP contribution >= 0.6 is 0 Å². The van der Waals surface area contributed by atoms with Crippen molar-refractivity contribution >= 4 is 0 Å². The second kappa shape index (κ2) is 3.02. The predicted octanol–water partition coefficient (Wildman–Crippen LogP) is 1.24. The molecule has 0 aliphatic carbocycles. The Hall–Kier alpha value is -1.04. The number of alkyl halides is 3. The summed E-state index contributed by atoms with van der Waals surface area (Å²) in [5.74, 6) is 0. The first-order chi connectivity index (χ1) is 5.88. The van der Waals surface area contributed by atoms with Crippen LogP contribution in [0.3, 0.4) is 0 Å². The van der Waals surface area contributed by atoms with Gasteiger partial charge in [-0.3, -0.25) is 4.68 Å². The van der Waals surface area contributed by atoms with Crippen LogP contribution in [0.2, 0.25) is 0 Å². The molecule has 6 heteroatoms. The van der Waals surface area contributed by atoms with Gasteiger partial charge in [-0.05, 0) is 6.92 Å². The topological polar surface area (TPSA) is 38.1 Å². The molecule has 74 valence electrons. The number of halogens is 3. The lowest BCUT2D eigenvalue weighted by Gasteiger charge is -2.03. The van der Waals surface area contributed by atoms with Crippen molar-refractivity contribution in [2.45, 2.75) is 19.7 Å². The van der Waals surface area contributed by atoms with Crippen molar-refractivity contribution in [2.24, 2.45) is 7.05 Å². The van der Waals surface area contributed by atoms with Crippen molar-refractivity contribution in [3.63, 3.8) is 0 Å². The Morgan fingerprint density at radius 2 is 2.00 bits per heavy atom.